The summed E-state index contributed by atoms with van der Waals surface area (Å²) in [4.78, 5) is 15.3. The van der Waals surface area contributed by atoms with Crippen LogP contribution in [0.25, 0.3) is 16.5 Å². The van der Waals surface area contributed by atoms with Gasteiger partial charge in [-0.05, 0) is 35.6 Å². The Morgan fingerprint density at radius 3 is 2.59 bits per heavy atom. The lowest BCUT2D eigenvalue weighted by Gasteiger charge is -2.03. The first-order valence-electron chi connectivity index (χ1n) is 7.30. The van der Waals surface area contributed by atoms with Gasteiger partial charge in [0.25, 0.3) is 0 Å². The van der Waals surface area contributed by atoms with Crippen molar-refractivity contribution in [1.82, 2.24) is 10.3 Å². The predicted octanol–water partition coefficient (Wildman–Crippen LogP) is 3.89. The number of carbonyl (C=O) groups is 1. The van der Waals surface area contributed by atoms with Crippen molar-refractivity contribution in [3.05, 3.63) is 78.0 Å². The van der Waals surface area contributed by atoms with Crippen molar-refractivity contribution in [1.29, 1.82) is 0 Å². The van der Waals surface area contributed by atoms with Crippen LogP contribution in [0.15, 0.2) is 66.7 Å². The van der Waals surface area contributed by atoms with Crippen molar-refractivity contribution in [2.45, 2.75) is 13.5 Å². The Morgan fingerprint density at radius 2 is 1.82 bits per heavy atom. The minimum absolute atomic E-state index is 0.0833. The SMILES string of the molecule is C/C(=C\C(=O)NCc1cc2ccccc2[nH]1)c1ccccc1. The number of hydrogen-bond donors (Lipinski definition) is 2. The molecule has 0 saturated carbocycles. The zero-order valence-corrected chi connectivity index (χ0v) is 12.5. The second kappa shape index (κ2) is 6.31. The number of fused-ring (bicyclic) bond motifs is 1. The lowest BCUT2D eigenvalue weighted by atomic mass is 10.1. The van der Waals surface area contributed by atoms with Gasteiger partial charge in [0.1, 0.15) is 0 Å². The topological polar surface area (TPSA) is 44.9 Å². The molecule has 0 fully saturated rings. The first kappa shape index (κ1) is 14.1. The van der Waals surface area contributed by atoms with Gasteiger partial charge in [0.05, 0.1) is 6.54 Å². The maximum atomic E-state index is 12.0. The lowest BCUT2D eigenvalue weighted by molar-refractivity contribution is -0.116. The second-order valence-electron chi connectivity index (χ2n) is 5.29. The van der Waals surface area contributed by atoms with E-state index < -0.39 is 0 Å². The highest BCUT2D eigenvalue weighted by Gasteiger charge is 2.03. The summed E-state index contributed by atoms with van der Waals surface area (Å²) in [6.45, 7) is 2.43. The summed E-state index contributed by atoms with van der Waals surface area (Å²) in [6, 6.07) is 20.0. The van der Waals surface area contributed by atoms with E-state index in [1.807, 2.05) is 55.5 Å². The van der Waals surface area contributed by atoms with Gasteiger partial charge in [0, 0.05) is 17.3 Å². The fraction of sp³-hybridized carbons (Fsp3) is 0.105. The lowest BCUT2D eigenvalue weighted by Crippen LogP contribution is -2.20. The highest BCUT2D eigenvalue weighted by Crippen LogP contribution is 2.15. The van der Waals surface area contributed by atoms with E-state index in [1.165, 1.54) is 0 Å². The summed E-state index contributed by atoms with van der Waals surface area (Å²) in [7, 11) is 0. The Kier molecular flexibility index (Phi) is 4.05. The smallest absolute Gasteiger partial charge is 0.244 e. The Labute approximate surface area is 129 Å². The maximum absolute atomic E-state index is 12.0. The highest BCUT2D eigenvalue weighted by molar-refractivity contribution is 5.94. The summed E-state index contributed by atoms with van der Waals surface area (Å²) in [5, 5.41) is 4.07. The third-order valence-corrected chi connectivity index (χ3v) is 3.62. The molecule has 110 valence electrons. The molecule has 0 bridgehead atoms. The summed E-state index contributed by atoms with van der Waals surface area (Å²) >= 11 is 0. The van der Waals surface area contributed by atoms with Crippen LogP contribution in [0, 0.1) is 0 Å². The van der Waals surface area contributed by atoms with Gasteiger partial charge in [-0.1, -0.05) is 48.5 Å². The van der Waals surface area contributed by atoms with Gasteiger partial charge in [-0.25, -0.2) is 0 Å². The average Bonchev–Trinajstić information content (AvgIpc) is 2.96. The van der Waals surface area contributed by atoms with Crippen LogP contribution in [0.4, 0.5) is 0 Å². The summed E-state index contributed by atoms with van der Waals surface area (Å²) in [5.41, 5.74) is 4.10. The molecule has 1 aromatic heterocycles. The van der Waals surface area contributed by atoms with Crippen molar-refractivity contribution in [3.8, 4) is 0 Å². The number of hydrogen-bond acceptors (Lipinski definition) is 1. The third-order valence-electron chi connectivity index (χ3n) is 3.62. The Bertz CT molecular complexity index is 783. The Hall–Kier alpha value is -2.81. The largest absolute Gasteiger partial charge is 0.357 e. The van der Waals surface area contributed by atoms with Crippen LogP contribution in [-0.4, -0.2) is 10.9 Å². The van der Waals surface area contributed by atoms with E-state index in [4.69, 9.17) is 0 Å². The fourth-order valence-corrected chi connectivity index (χ4v) is 2.44. The van der Waals surface area contributed by atoms with Crippen LogP contribution in [0.1, 0.15) is 18.2 Å². The number of aromatic nitrogens is 1. The molecule has 2 N–H and O–H groups in total. The van der Waals surface area contributed by atoms with E-state index >= 15 is 0 Å². The molecule has 0 spiro atoms. The van der Waals surface area contributed by atoms with E-state index in [2.05, 4.69) is 22.4 Å². The number of para-hydroxylation sites is 1. The number of aromatic amines is 1. The number of allylic oxidation sites excluding steroid dienone is 1. The minimum atomic E-state index is -0.0833. The molecule has 0 radical (unpaired) electrons. The van der Waals surface area contributed by atoms with Gasteiger partial charge in [0.15, 0.2) is 0 Å². The van der Waals surface area contributed by atoms with Gasteiger partial charge in [-0.2, -0.15) is 0 Å². The Balaban J connectivity index is 1.65. The molecule has 3 rings (SSSR count). The maximum Gasteiger partial charge on any atom is 0.244 e. The number of carbonyl (C=O) groups excluding carboxylic acids is 1. The van der Waals surface area contributed by atoms with Crippen molar-refractivity contribution in [2.24, 2.45) is 0 Å². The van der Waals surface area contributed by atoms with Gasteiger partial charge >= 0.3 is 0 Å². The number of benzene rings is 2. The van der Waals surface area contributed by atoms with Crippen molar-refractivity contribution < 1.29 is 4.79 Å². The van der Waals surface area contributed by atoms with Gasteiger partial charge in [-0.15, -0.1) is 0 Å². The van der Waals surface area contributed by atoms with E-state index in [0.717, 1.165) is 27.7 Å². The molecule has 2 aromatic carbocycles. The molecule has 0 unspecified atom stereocenters. The van der Waals surface area contributed by atoms with Crippen LogP contribution in [-0.2, 0) is 11.3 Å². The standard InChI is InChI=1S/C19H18N2O/c1-14(15-7-3-2-4-8-15)11-19(22)20-13-17-12-16-9-5-6-10-18(16)21-17/h2-12,21H,13H2,1H3,(H,20,22)/b14-11+. The van der Waals surface area contributed by atoms with E-state index in [0.29, 0.717) is 6.54 Å². The molecular weight excluding hydrogens is 272 g/mol. The molecule has 0 saturated heterocycles. The third kappa shape index (κ3) is 3.26. The number of rotatable bonds is 4. The molecular formula is C19H18N2O. The Morgan fingerprint density at radius 1 is 1.09 bits per heavy atom. The van der Waals surface area contributed by atoms with Crippen LogP contribution < -0.4 is 5.32 Å². The van der Waals surface area contributed by atoms with Crippen LogP contribution in [0.3, 0.4) is 0 Å². The molecule has 1 amide bonds. The quantitative estimate of drug-likeness (QED) is 0.704. The molecule has 0 aliphatic carbocycles. The average molecular weight is 290 g/mol. The highest BCUT2D eigenvalue weighted by atomic mass is 16.1. The van der Waals surface area contributed by atoms with Crippen LogP contribution in [0.2, 0.25) is 0 Å². The number of nitrogens with one attached hydrogen (secondary N) is 2. The van der Waals surface area contributed by atoms with Crippen LogP contribution in [0.5, 0.6) is 0 Å². The first-order valence-corrected chi connectivity index (χ1v) is 7.30. The molecule has 3 nitrogen and oxygen atoms in total. The zero-order chi connectivity index (χ0) is 15.4. The summed E-state index contributed by atoms with van der Waals surface area (Å²) in [5.74, 6) is -0.0833. The summed E-state index contributed by atoms with van der Waals surface area (Å²) in [6.07, 6.45) is 1.64. The molecule has 1 heterocycles. The first-order chi connectivity index (χ1) is 10.7. The second-order valence-corrected chi connectivity index (χ2v) is 5.29. The normalized spacial score (nSPS) is 11.6. The number of amides is 1. The molecule has 3 heteroatoms. The van der Waals surface area contributed by atoms with Crippen molar-refractivity contribution >= 4 is 22.4 Å². The van der Waals surface area contributed by atoms with Gasteiger partial charge < -0.3 is 10.3 Å². The summed E-state index contributed by atoms with van der Waals surface area (Å²) < 4.78 is 0. The molecule has 22 heavy (non-hydrogen) atoms. The van der Waals surface area contributed by atoms with Crippen molar-refractivity contribution in [3.63, 3.8) is 0 Å². The van der Waals surface area contributed by atoms with Crippen LogP contribution >= 0.6 is 0 Å². The molecule has 0 atom stereocenters. The van der Waals surface area contributed by atoms with Gasteiger partial charge in [0.2, 0.25) is 5.91 Å². The van der Waals surface area contributed by atoms with Crippen molar-refractivity contribution in [2.75, 3.05) is 0 Å². The molecule has 0 aliphatic heterocycles. The van der Waals surface area contributed by atoms with E-state index in [-0.39, 0.29) is 5.91 Å². The number of H-pyrrole nitrogens is 1. The molecule has 3 aromatic rings. The molecule has 0 aliphatic rings. The monoisotopic (exact) mass is 290 g/mol. The van der Waals surface area contributed by atoms with Gasteiger partial charge in [-0.3, -0.25) is 4.79 Å². The van der Waals surface area contributed by atoms with E-state index in [1.54, 1.807) is 6.08 Å². The minimum Gasteiger partial charge on any atom is -0.357 e. The zero-order valence-electron chi connectivity index (χ0n) is 12.5. The fourth-order valence-electron chi connectivity index (χ4n) is 2.44. The predicted molar refractivity (Wildman–Crippen MR) is 90.2 cm³/mol. The van der Waals surface area contributed by atoms with E-state index in [9.17, 15) is 4.79 Å².